The van der Waals surface area contributed by atoms with Crippen LogP contribution in [0, 0.1) is 23.6 Å². The van der Waals surface area contributed by atoms with E-state index in [1.54, 1.807) is 12.1 Å². The van der Waals surface area contributed by atoms with Gasteiger partial charge in [-0.3, -0.25) is 0 Å². The summed E-state index contributed by atoms with van der Waals surface area (Å²) >= 11 is 6.43. The van der Waals surface area contributed by atoms with Crippen LogP contribution in [0.15, 0.2) is 24.3 Å². The molecule has 2 rings (SSSR count). The van der Waals surface area contributed by atoms with Gasteiger partial charge in [0.25, 0.3) is 0 Å². The molecule has 1 aromatic rings. The van der Waals surface area contributed by atoms with Crippen molar-refractivity contribution in [2.75, 3.05) is 0 Å². The van der Waals surface area contributed by atoms with Crippen molar-refractivity contribution in [3.8, 4) is 0 Å². The highest BCUT2D eigenvalue weighted by Gasteiger charge is 2.31. The molecule has 1 aliphatic carbocycles. The molecule has 0 radical (unpaired) electrons. The van der Waals surface area contributed by atoms with E-state index in [1.807, 2.05) is 12.1 Å². The first-order valence-electron chi connectivity index (χ1n) is 6.95. The third kappa shape index (κ3) is 3.26. The van der Waals surface area contributed by atoms with Crippen LogP contribution in [0.1, 0.15) is 38.7 Å². The van der Waals surface area contributed by atoms with Crippen molar-refractivity contribution in [3.05, 3.63) is 35.6 Å². The maximum atomic E-state index is 13.7. The van der Waals surface area contributed by atoms with Crippen LogP contribution in [0.3, 0.4) is 0 Å². The molecule has 0 N–H and O–H groups in total. The highest BCUT2D eigenvalue weighted by atomic mass is 35.5. The lowest BCUT2D eigenvalue weighted by atomic mass is 9.74. The molecule has 0 aliphatic heterocycles. The Bertz CT molecular complexity index is 388. The normalized spacial score (nSPS) is 28.6. The van der Waals surface area contributed by atoms with E-state index >= 15 is 0 Å². The van der Waals surface area contributed by atoms with Crippen molar-refractivity contribution in [1.82, 2.24) is 0 Å². The zero-order valence-corrected chi connectivity index (χ0v) is 12.0. The summed E-state index contributed by atoms with van der Waals surface area (Å²) in [5, 5.41) is 0.208. The highest BCUT2D eigenvalue weighted by molar-refractivity contribution is 6.20. The zero-order chi connectivity index (χ0) is 13.1. The van der Waals surface area contributed by atoms with Gasteiger partial charge < -0.3 is 0 Å². The van der Waals surface area contributed by atoms with E-state index in [0.29, 0.717) is 11.8 Å². The van der Waals surface area contributed by atoms with Gasteiger partial charge in [0.1, 0.15) is 5.82 Å². The van der Waals surface area contributed by atoms with Crippen molar-refractivity contribution in [2.24, 2.45) is 17.8 Å². The van der Waals surface area contributed by atoms with E-state index in [9.17, 15) is 4.39 Å². The van der Waals surface area contributed by atoms with E-state index in [0.717, 1.165) is 30.7 Å². The van der Waals surface area contributed by atoms with Crippen molar-refractivity contribution >= 4 is 11.6 Å². The number of benzene rings is 1. The van der Waals surface area contributed by atoms with Gasteiger partial charge in [-0.25, -0.2) is 4.39 Å². The fourth-order valence-corrected chi connectivity index (χ4v) is 3.34. The molecular weight excluding hydrogens is 247 g/mol. The summed E-state index contributed by atoms with van der Waals surface area (Å²) < 4.78 is 13.7. The lowest BCUT2D eigenvalue weighted by molar-refractivity contribution is 0.217. The van der Waals surface area contributed by atoms with Crippen LogP contribution >= 0.6 is 11.6 Å². The Hall–Kier alpha value is -0.560. The van der Waals surface area contributed by atoms with Crippen LogP contribution in [0.5, 0.6) is 0 Å². The van der Waals surface area contributed by atoms with Crippen molar-refractivity contribution in [3.63, 3.8) is 0 Å². The predicted octanol–water partition coefficient (Wildman–Crippen LogP) is 5.05. The van der Waals surface area contributed by atoms with E-state index in [4.69, 9.17) is 11.6 Å². The van der Waals surface area contributed by atoms with Crippen LogP contribution in [0.25, 0.3) is 0 Å². The van der Waals surface area contributed by atoms with Gasteiger partial charge in [-0.05, 0) is 55.1 Å². The SMILES string of the molecule is CC(C)C1CCC(Cl)C(Cc2ccccc2F)C1. The molecule has 0 bridgehead atoms. The molecule has 0 aromatic heterocycles. The van der Waals surface area contributed by atoms with E-state index < -0.39 is 0 Å². The van der Waals surface area contributed by atoms with Crippen LogP contribution in [0.2, 0.25) is 0 Å². The molecule has 0 spiro atoms. The van der Waals surface area contributed by atoms with Gasteiger partial charge in [-0.2, -0.15) is 0 Å². The summed E-state index contributed by atoms with van der Waals surface area (Å²) in [6.45, 7) is 4.55. The fourth-order valence-electron chi connectivity index (χ4n) is 3.03. The number of halogens is 2. The molecule has 0 amide bonds. The topological polar surface area (TPSA) is 0 Å². The molecule has 100 valence electrons. The third-order valence-electron chi connectivity index (χ3n) is 4.31. The van der Waals surface area contributed by atoms with E-state index in [-0.39, 0.29) is 11.2 Å². The lowest BCUT2D eigenvalue weighted by Crippen LogP contribution is -2.29. The Balaban J connectivity index is 2.05. The predicted molar refractivity (Wildman–Crippen MR) is 75.4 cm³/mol. The molecule has 1 fully saturated rings. The Kier molecular flexibility index (Phi) is 4.66. The summed E-state index contributed by atoms with van der Waals surface area (Å²) in [6.07, 6.45) is 4.22. The van der Waals surface area contributed by atoms with E-state index in [1.165, 1.54) is 6.42 Å². The maximum Gasteiger partial charge on any atom is 0.126 e. The van der Waals surface area contributed by atoms with Gasteiger partial charge in [-0.15, -0.1) is 11.6 Å². The highest BCUT2D eigenvalue weighted by Crippen LogP contribution is 2.38. The molecule has 1 saturated carbocycles. The Morgan fingerprint density at radius 1 is 1.28 bits per heavy atom. The van der Waals surface area contributed by atoms with Gasteiger partial charge in [0, 0.05) is 5.38 Å². The summed E-state index contributed by atoms with van der Waals surface area (Å²) in [4.78, 5) is 0. The van der Waals surface area contributed by atoms with Gasteiger partial charge in [0.05, 0.1) is 0 Å². The number of hydrogen-bond acceptors (Lipinski definition) is 0. The molecule has 1 aliphatic rings. The Morgan fingerprint density at radius 2 is 2.00 bits per heavy atom. The Labute approximate surface area is 115 Å². The second-order valence-corrected chi connectivity index (χ2v) is 6.45. The molecule has 18 heavy (non-hydrogen) atoms. The van der Waals surface area contributed by atoms with Crippen LogP contribution < -0.4 is 0 Å². The molecule has 0 nitrogen and oxygen atoms in total. The van der Waals surface area contributed by atoms with Gasteiger partial charge in [-0.1, -0.05) is 32.0 Å². The second kappa shape index (κ2) is 6.06. The average molecular weight is 269 g/mol. The largest absolute Gasteiger partial charge is 0.207 e. The second-order valence-electron chi connectivity index (χ2n) is 5.89. The van der Waals surface area contributed by atoms with Crippen LogP contribution in [0.4, 0.5) is 4.39 Å². The smallest absolute Gasteiger partial charge is 0.126 e. The van der Waals surface area contributed by atoms with Crippen molar-refractivity contribution in [1.29, 1.82) is 0 Å². The molecule has 0 saturated heterocycles. The monoisotopic (exact) mass is 268 g/mol. The standard InChI is InChI=1S/C16H22ClF/c1-11(2)12-7-8-15(17)14(9-12)10-13-5-3-4-6-16(13)18/h3-6,11-12,14-15H,7-10H2,1-2H3. The van der Waals surface area contributed by atoms with Gasteiger partial charge in [0.15, 0.2) is 0 Å². The maximum absolute atomic E-state index is 13.7. The third-order valence-corrected chi connectivity index (χ3v) is 4.89. The minimum Gasteiger partial charge on any atom is -0.207 e. The van der Waals surface area contributed by atoms with Gasteiger partial charge >= 0.3 is 0 Å². The number of rotatable bonds is 3. The molecule has 3 atom stereocenters. The Morgan fingerprint density at radius 3 is 2.67 bits per heavy atom. The average Bonchev–Trinajstić information content (AvgIpc) is 2.34. The summed E-state index contributed by atoms with van der Waals surface area (Å²) in [5.41, 5.74) is 0.817. The lowest BCUT2D eigenvalue weighted by Gasteiger charge is -2.35. The number of alkyl halides is 1. The van der Waals surface area contributed by atoms with Crippen molar-refractivity contribution < 1.29 is 4.39 Å². The first-order valence-corrected chi connectivity index (χ1v) is 7.39. The fraction of sp³-hybridized carbons (Fsp3) is 0.625. The molecule has 1 aromatic carbocycles. The first kappa shape index (κ1) is 13.9. The minimum absolute atomic E-state index is 0.0898. The van der Waals surface area contributed by atoms with E-state index in [2.05, 4.69) is 13.8 Å². The zero-order valence-electron chi connectivity index (χ0n) is 11.2. The number of hydrogen-bond donors (Lipinski definition) is 0. The minimum atomic E-state index is -0.0898. The van der Waals surface area contributed by atoms with Crippen LogP contribution in [-0.4, -0.2) is 5.38 Å². The summed E-state index contributed by atoms with van der Waals surface area (Å²) in [7, 11) is 0. The summed E-state index contributed by atoms with van der Waals surface area (Å²) in [5.74, 6) is 1.78. The quantitative estimate of drug-likeness (QED) is 0.673. The van der Waals surface area contributed by atoms with Crippen molar-refractivity contribution in [2.45, 2.75) is 44.9 Å². The molecular formula is C16H22ClF. The molecule has 2 heteroatoms. The summed E-state index contributed by atoms with van der Waals surface area (Å²) in [6, 6.07) is 7.08. The van der Waals surface area contributed by atoms with Crippen LogP contribution in [-0.2, 0) is 6.42 Å². The molecule has 0 heterocycles. The van der Waals surface area contributed by atoms with Gasteiger partial charge in [0.2, 0.25) is 0 Å². The first-order chi connectivity index (χ1) is 8.58. The molecule has 3 unspecified atom stereocenters.